The fraction of sp³-hybridized carbons (Fsp3) is 0.577. The second kappa shape index (κ2) is 24.5. The van der Waals surface area contributed by atoms with E-state index in [9.17, 15) is 0 Å². The van der Waals surface area contributed by atoms with Gasteiger partial charge in [0.05, 0.1) is 0 Å². The zero-order valence-corrected chi connectivity index (χ0v) is 55.9. The van der Waals surface area contributed by atoms with Crippen LogP contribution in [-0.4, -0.2) is 388 Å². The summed E-state index contributed by atoms with van der Waals surface area (Å²) in [6.45, 7) is -3.21. The van der Waals surface area contributed by atoms with E-state index in [2.05, 4.69) is 70.3 Å². The Bertz CT molecular complexity index is 2890. The van der Waals surface area contributed by atoms with Crippen molar-refractivity contribution < 1.29 is 144 Å². The van der Waals surface area contributed by atoms with Gasteiger partial charge >= 0.3 is 72.4 Å². The lowest BCUT2D eigenvalue weighted by molar-refractivity contribution is -0.698. The maximum absolute atomic E-state index is 15.1. The number of rotatable bonds is 7. The highest BCUT2D eigenvalue weighted by atomic mass is 79.9. The number of pyridine rings is 2. The summed E-state index contributed by atoms with van der Waals surface area (Å²) in [5.41, 5.74) is 0. The van der Waals surface area contributed by atoms with E-state index in [0.29, 0.717) is 0 Å². The molecule has 46 nitrogen and oxygen atoms in total. The van der Waals surface area contributed by atoms with Crippen LogP contribution in [0.1, 0.15) is 25.7 Å². The summed E-state index contributed by atoms with van der Waals surface area (Å²) in [6.07, 6.45) is -0.194. The standard InChI is InChI=1S/C36H36N24O12.C16H22N2.2BrH.8H2O/c61-25-37-1-38-14-16-42(26(38)62)4-46-18-20-50(30(46)66)8-54-22-24-58(34(54)70)11-57-23-21-53(33(57)69)7-49-19-17-45(29(49)65)3-41(25)15-13(37)39-2-40(14)28(64)44(16)6-48(18)32(68)52(20)10-56(22)36(72)60(24)12-59(23)35(71)55(21)9-51(19)31(67)47(17)5-43(15)27(39)63;1(5-11-17-13-7-3-8-14-17)2-6-12-18-15-9-4-10-16-18;;;;;;;;;;/h13-24H,1-12H2;3-4,7-10,13-16H,1-2,5-6,11-12H2;2*1H;8*1H2/q;+2;;;;;;;;;;/p-2. The third kappa shape index (κ3) is 8.60. The first-order valence-corrected chi connectivity index (χ1v) is 30.4. The fourth-order valence-electron chi connectivity index (χ4n) is 18.1. The number of unbranched alkanes of at least 4 members (excludes halogenated alkanes) is 3. The summed E-state index contributed by atoms with van der Waals surface area (Å²) >= 11 is 0. The van der Waals surface area contributed by atoms with E-state index >= 15 is 57.5 Å². The van der Waals surface area contributed by atoms with E-state index < -0.39 is 226 Å². The molecule has 0 aromatic carbocycles. The molecule has 100 heavy (non-hydrogen) atoms. The predicted octanol–water partition coefficient (Wildman–Crippen LogP) is -15.7. The smallest absolute Gasteiger partial charge is 0.326 e. The normalized spacial score (nSPS) is 30.9. The monoisotopic (exact) mass is 1540 g/mol. The second-order valence-corrected chi connectivity index (χ2v) is 26.0. The summed E-state index contributed by atoms with van der Waals surface area (Å²) in [6, 6.07) is 4.59. The molecule has 18 aliphatic heterocycles. The lowest BCUT2D eigenvalue weighted by Crippen LogP contribution is -3.00. The molecule has 0 unspecified atom stereocenters. The Morgan fingerprint density at radius 2 is 0.310 bits per heavy atom. The Labute approximate surface area is 586 Å². The molecule has 18 aliphatic rings. The van der Waals surface area contributed by atoms with Crippen LogP contribution in [-0.2, 0) is 13.1 Å². The van der Waals surface area contributed by atoms with Gasteiger partial charge in [-0.3, -0.25) is 118 Å². The maximum atomic E-state index is 15.1. The molecule has 20 rings (SSSR count). The lowest BCUT2D eigenvalue weighted by atomic mass is 10.2. The summed E-state index contributed by atoms with van der Waals surface area (Å²) in [5, 5.41) is 0. The van der Waals surface area contributed by atoms with Gasteiger partial charge in [0, 0.05) is 37.1 Å². The number of aromatic nitrogens is 2. The van der Waals surface area contributed by atoms with Crippen molar-refractivity contribution in [3.05, 3.63) is 61.2 Å². The number of amides is 24. The van der Waals surface area contributed by atoms with Crippen LogP contribution in [0.25, 0.3) is 0 Å². The van der Waals surface area contributed by atoms with Crippen molar-refractivity contribution in [2.45, 2.75) is 113 Å². The van der Waals surface area contributed by atoms with Gasteiger partial charge in [-0.15, -0.1) is 0 Å². The van der Waals surface area contributed by atoms with E-state index in [1.165, 1.54) is 143 Å². The van der Waals surface area contributed by atoms with Crippen LogP contribution in [0.4, 0.5) is 57.5 Å². The van der Waals surface area contributed by atoms with Crippen molar-refractivity contribution in [2.75, 3.05) is 80.0 Å². The van der Waals surface area contributed by atoms with Gasteiger partial charge in [-0.25, -0.2) is 66.7 Å². The van der Waals surface area contributed by atoms with Gasteiger partial charge in [-0.2, -0.15) is 0 Å². The lowest BCUT2D eigenvalue weighted by Gasteiger charge is -2.42. The first-order valence-electron chi connectivity index (χ1n) is 30.4. The number of hydrogen-bond acceptors (Lipinski definition) is 12. The summed E-state index contributed by atoms with van der Waals surface area (Å²) in [7, 11) is 0. The number of carbonyl (C=O) groups excluding carboxylic acids is 12. The number of halogens is 2. The zero-order chi connectivity index (χ0) is 60.7. The molecule has 16 N–H and O–H groups in total. The summed E-state index contributed by atoms with van der Waals surface area (Å²) in [4.78, 5) is 213. The van der Waals surface area contributed by atoms with Gasteiger partial charge in [-0.05, 0) is 12.8 Å². The quantitative estimate of drug-likeness (QED) is 0.184. The van der Waals surface area contributed by atoms with E-state index in [4.69, 9.17) is 0 Å². The predicted molar refractivity (Wildman–Crippen MR) is 313 cm³/mol. The summed E-state index contributed by atoms with van der Waals surface area (Å²) < 4.78 is 4.51. The number of aryl methyl sites for hydroxylation is 2. The number of urea groups is 12. The Hall–Kier alpha value is -9.82. The Morgan fingerprint density at radius 3 is 0.420 bits per heavy atom. The first-order chi connectivity index (χ1) is 43.7. The molecule has 546 valence electrons. The van der Waals surface area contributed by atoms with Crippen LogP contribution in [0, 0.1) is 0 Å². The Balaban J connectivity index is 0.000000341. The van der Waals surface area contributed by atoms with Crippen LogP contribution in [0.2, 0.25) is 0 Å². The van der Waals surface area contributed by atoms with E-state index in [1.54, 1.807) is 0 Å². The molecule has 0 spiro atoms. The molecule has 2 aromatic rings. The van der Waals surface area contributed by atoms with Crippen LogP contribution in [0.15, 0.2) is 61.2 Å². The molecule has 48 heteroatoms. The van der Waals surface area contributed by atoms with Crippen molar-refractivity contribution in [1.82, 2.24) is 118 Å². The number of carbonyl (C=O) groups is 12. The van der Waals surface area contributed by atoms with Crippen molar-refractivity contribution in [3.63, 3.8) is 0 Å². The second-order valence-electron chi connectivity index (χ2n) is 26.0. The molecule has 0 bridgehead atoms. The molecule has 0 saturated carbocycles. The average molecular weight is 1540 g/mol. The van der Waals surface area contributed by atoms with Crippen molar-refractivity contribution in [3.8, 4) is 0 Å². The van der Waals surface area contributed by atoms with Crippen molar-refractivity contribution >= 4 is 72.4 Å². The van der Waals surface area contributed by atoms with Gasteiger partial charge in [0.2, 0.25) is 0 Å². The minimum Gasteiger partial charge on any atom is -1.00 e. The molecule has 0 aliphatic carbocycles. The van der Waals surface area contributed by atoms with E-state index in [-0.39, 0.29) is 77.8 Å². The molecule has 18 saturated heterocycles. The van der Waals surface area contributed by atoms with Gasteiger partial charge < -0.3 is 77.8 Å². The fourth-order valence-corrected chi connectivity index (χ4v) is 18.1. The number of hydrogen-bond donors (Lipinski definition) is 0. The Kier molecular flexibility index (Phi) is 17.9. The van der Waals surface area contributed by atoms with Crippen LogP contribution >= 0.6 is 0 Å². The Morgan fingerprint density at radius 1 is 0.200 bits per heavy atom. The van der Waals surface area contributed by atoms with Gasteiger partial charge in [0.1, 0.15) is 93.1 Å². The molecule has 0 radical (unpaired) electrons. The SMILES string of the molecule is O.O.O.O.O.O.O.O.O=C1N2CN3C(=O)N4CN5C(=O)N6CN7C(=O)N8CN9C(=O)N%10CN%11C(=O)N%12CN1C1C2N2CN%13C(=O)N(CN%14C(=O)N(CN%15C(=O)N(CN%16C(=O)N(CN%17C(=O)N(CN1C2=O)C%12C%11%17)C%10C9%16)C8C7%15)C6C5%14)C4C3%13.[Br-].[Br-].c1cc[n+](CCCCCC[n+]2ccccc2)cc1. The minimum atomic E-state index is -1.16. The third-order valence-corrected chi connectivity index (χ3v) is 22.0. The topological polar surface area (TPSA) is 542 Å². The molecule has 20 heterocycles. The molecule has 2 aromatic heterocycles. The highest BCUT2D eigenvalue weighted by Crippen LogP contribution is 2.51. The molecular formula is C52H74Br2N26O20. The van der Waals surface area contributed by atoms with Gasteiger partial charge in [-0.1, -0.05) is 12.1 Å². The molecule has 0 atom stereocenters. The van der Waals surface area contributed by atoms with Crippen molar-refractivity contribution in [1.29, 1.82) is 0 Å². The molecule has 24 amide bonds. The van der Waals surface area contributed by atoms with Crippen LogP contribution in [0.3, 0.4) is 0 Å². The van der Waals surface area contributed by atoms with Gasteiger partial charge in [0.15, 0.2) is 98.8 Å². The molecular weight excluding hydrogens is 1470 g/mol. The van der Waals surface area contributed by atoms with Gasteiger partial charge in [0.25, 0.3) is 0 Å². The van der Waals surface area contributed by atoms with E-state index in [0.717, 1.165) is 13.1 Å². The van der Waals surface area contributed by atoms with E-state index in [1.807, 2.05) is 0 Å². The minimum absolute atomic E-state index is 0. The first kappa shape index (κ1) is 72.9. The van der Waals surface area contributed by atoms with Crippen LogP contribution < -0.4 is 43.1 Å². The highest BCUT2D eigenvalue weighted by Gasteiger charge is 2.76. The average Bonchev–Trinajstić information content (AvgIpc) is 1.54. The maximum Gasteiger partial charge on any atom is 0.326 e. The summed E-state index contributed by atoms with van der Waals surface area (Å²) in [5.74, 6) is 0. The zero-order valence-electron chi connectivity index (χ0n) is 52.7. The highest BCUT2D eigenvalue weighted by molar-refractivity contribution is 5.95. The van der Waals surface area contributed by atoms with Crippen LogP contribution in [0.5, 0.6) is 0 Å². The number of nitrogens with zero attached hydrogens (tertiary/aromatic N) is 26. The largest absolute Gasteiger partial charge is 1.00 e. The third-order valence-electron chi connectivity index (χ3n) is 22.0. The molecule has 18 fully saturated rings. The van der Waals surface area contributed by atoms with Crippen molar-refractivity contribution in [2.24, 2.45) is 0 Å².